The van der Waals surface area contributed by atoms with Gasteiger partial charge in [-0.25, -0.2) is 0 Å². The Hall–Kier alpha value is -0.420. The molecule has 2 nitrogen and oxygen atoms in total. The molecular formula is C16H17Br2ClN2. The quantitative estimate of drug-likeness (QED) is 0.660. The highest BCUT2D eigenvalue weighted by molar-refractivity contribution is 9.11. The second-order valence-electron chi connectivity index (χ2n) is 4.92. The van der Waals surface area contributed by atoms with Gasteiger partial charge in [-0.2, -0.15) is 0 Å². The number of hydrogen-bond acceptors (Lipinski definition) is 2. The highest BCUT2D eigenvalue weighted by Gasteiger charge is 2.18. The van der Waals surface area contributed by atoms with Crippen molar-refractivity contribution in [2.75, 3.05) is 6.54 Å². The third-order valence-corrected chi connectivity index (χ3v) is 4.71. The Bertz CT molecular complexity index is 632. The molecule has 1 atom stereocenters. The largest absolute Gasteiger partial charge is 0.305 e. The van der Waals surface area contributed by atoms with Gasteiger partial charge in [0, 0.05) is 20.2 Å². The number of nitrogens with one attached hydrogen (secondary N) is 1. The van der Waals surface area contributed by atoms with Crippen molar-refractivity contribution in [3.05, 3.63) is 61.3 Å². The molecule has 0 spiro atoms. The molecule has 1 heterocycles. The average Bonchev–Trinajstić information content (AvgIpc) is 2.44. The van der Waals surface area contributed by atoms with Gasteiger partial charge in [0.25, 0.3) is 0 Å². The van der Waals surface area contributed by atoms with Gasteiger partial charge in [0.1, 0.15) is 0 Å². The van der Waals surface area contributed by atoms with Crippen LogP contribution in [0.1, 0.15) is 36.2 Å². The van der Waals surface area contributed by atoms with Gasteiger partial charge in [0.05, 0.1) is 11.7 Å². The van der Waals surface area contributed by atoms with Gasteiger partial charge < -0.3 is 5.32 Å². The molecule has 0 aliphatic rings. The lowest BCUT2D eigenvalue weighted by atomic mass is 10.0. The molecule has 21 heavy (non-hydrogen) atoms. The first-order valence-electron chi connectivity index (χ1n) is 6.83. The van der Waals surface area contributed by atoms with Gasteiger partial charge in [0.15, 0.2) is 0 Å². The van der Waals surface area contributed by atoms with Crippen molar-refractivity contribution in [3.63, 3.8) is 0 Å². The number of nitrogens with zero attached hydrogens (tertiary/aromatic N) is 1. The lowest BCUT2D eigenvalue weighted by molar-refractivity contribution is 0.584. The zero-order valence-corrected chi connectivity index (χ0v) is 15.9. The first-order valence-corrected chi connectivity index (χ1v) is 8.79. The van der Waals surface area contributed by atoms with Gasteiger partial charge in [0.2, 0.25) is 0 Å². The van der Waals surface area contributed by atoms with E-state index in [1.165, 1.54) is 0 Å². The highest BCUT2D eigenvalue weighted by atomic mass is 79.9. The van der Waals surface area contributed by atoms with E-state index < -0.39 is 0 Å². The van der Waals surface area contributed by atoms with Crippen LogP contribution in [0, 0.1) is 6.92 Å². The Morgan fingerprint density at radius 1 is 1.29 bits per heavy atom. The molecule has 1 aromatic heterocycles. The maximum absolute atomic E-state index is 6.28. The number of aromatic nitrogens is 1. The van der Waals surface area contributed by atoms with E-state index in [4.69, 9.17) is 11.6 Å². The molecule has 2 rings (SSSR count). The summed E-state index contributed by atoms with van der Waals surface area (Å²) in [4.78, 5) is 4.56. The van der Waals surface area contributed by atoms with Gasteiger partial charge in [-0.05, 0) is 75.0 Å². The number of benzene rings is 1. The molecule has 1 N–H and O–H groups in total. The van der Waals surface area contributed by atoms with Crippen LogP contribution in [0.15, 0.2) is 39.4 Å². The molecule has 0 saturated carbocycles. The topological polar surface area (TPSA) is 24.9 Å². The predicted octanol–water partition coefficient (Wildman–Crippen LogP) is 5.66. The van der Waals surface area contributed by atoms with E-state index in [0.717, 1.165) is 43.8 Å². The van der Waals surface area contributed by atoms with Crippen molar-refractivity contribution in [3.8, 4) is 0 Å². The first kappa shape index (κ1) is 16.9. The van der Waals surface area contributed by atoms with E-state index in [9.17, 15) is 0 Å². The monoisotopic (exact) mass is 430 g/mol. The minimum atomic E-state index is 0.0190. The summed E-state index contributed by atoms with van der Waals surface area (Å²) in [5, 5.41) is 4.32. The third kappa shape index (κ3) is 4.28. The van der Waals surface area contributed by atoms with Crippen LogP contribution < -0.4 is 5.32 Å². The Morgan fingerprint density at radius 3 is 2.67 bits per heavy atom. The zero-order chi connectivity index (χ0) is 15.4. The third-order valence-electron chi connectivity index (χ3n) is 3.24. The Labute approximate surface area is 147 Å². The van der Waals surface area contributed by atoms with Crippen LogP contribution in [-0.2, 0) is 0 Å². The fraction of sp³-hybridized carbons (Fsp3) is 0.312. The molecular weight excluding hydrogens is 415 g/mol. The summed E-state index contributed by atoms with van der Waals surface area (Å²) in [7, 11) is 0. The van der Waals surface area contributed by atoms with Crippen molar-refractivity contribution in [2.24, 2.45) is 0 Å². The van der Waals surface area contributed by atoms with Crippen molar-refractivity contribution in [1.29, 1.82) is 0 Å². The van der Waals surface area contributed by atoms with Crippen molar-refractivity contribution < 1.29 is 0 Å². The Kier molecular flexibility index (Phi) is 6.23. The van der Waals surface area contributed by atoms with E-state index in [1.54, 1.807) is 0 Å². The van der Waals surface area contributed by atoms with Crippen molar-refractivity contribution >= 4 is 43.5 Å². The fourth-order valence-electron chi connectivity index (χ4n) is 2.09. The zero-order valence-electron chi connectivity index (χ0n) is 12.0. The molecule has 0 radical (unpaired) electrons. The minimum Gasteiger partial charge on any atom is -0.305 e. The lowest BCUT2D eigenvalue weighted by Crippen LogP contribution is -2.24. The molecule has 1 aromatic carbocycles. The standard InChI is InChI=1S/C16H17Br2ClN2/c1-3-6-20-15(11-5-4-10(2)14(19)7-11)16-13(18)8-12(17)9-21-16/h4-5,7-9,15,20H,3,6H2,1-2H3. The van der Waals surface area contributed by atoms with Crippen LogP contribution in [0.4, 0.5) is 0 Å². The van der Waals surface area contributed by atoms with E-state index in [0.29, 0.717) is 0 Å². The Balaban J connectivity index is 2.44. The van der Waals surface area contributed by atoms with E-state index in [-0.39, 0.29) is 6.04 Å². The number of hydrogen-bond donors (Lipinski definition) is 1. The molecule has 2 aromatic rings. The highest BCUT2D eigenvalue weighted by Crippen LogP contribution is 2.30. The molecule has 0 bridgehead atoms. The minimum absolute atomic E-state index is 0.0190. The summed E-state index contributed by atoms with van der Waals surface area (Å²) in [6.45, 7) is 5.07. The summed E-state index contributed by atoms with van der Waals surface area (Å²) >= 11 is 13.3. The molecule has 5 heteroatoms. The molecule has 0 fully saturated rings. The SMILES string of the molecule is CCCNC(c1ccc(C)c(Cl)c1)c1ncc(Br)cc1Br. The summed E-state index contributed by atoms with van der Waals surface area (Å²) in [6.07, 6.45) is 2.88. The number of rotatable bonds is 5. The molecule has 1 unspecified atom stereocenters. The molecule has 112 valence electrons. The van der Waals surface area contributed by atoms with Gasteiger partial charge in [-0.3, -0.25) is 4.98 Å². The van der Waals surface area contributed by atoms with Crippen LogP contribution in [0.2, 0.25) is 5.02 Å². The van der Waals surface area contributed by atoms with E-state index in [1.807, 2.05) is 31.3 Å². The van der Waals surface area contributed by atoms with Gasteiger partial charge in [-0.1, -0.05) is 30.7 Å². The molecule has 0 aliphatic heterocycles. The van der Waals surface area contributed by atoms with Crippen LogP contribution >= 0.6 is 43.5 Å². The van der Waals surface area contributed by atoms with Crippen LogP contribution in [-0.4, -0.2) is 11.5 Å². The van der Waals surface area contributed by atoms with E-state index in [2.05, 4.69) is 55.2 Å². The average molecular weight is 433 g/mol. The summed E-state index contributed by atoms with van der Waals surface area (Å²) in [5.41, 5.74) is 3.17. The van der Waals surface area contributed by atoms with Crippen LogP contribution in [0.5, 0.6) is 0 Å². The van der Waals surface area contributed by atoms with Crippen molar-refractivity contribution in [1.82, 2.24) is 10.3 Å². The maximum Gasteiger partial charge on any atom is 0.0763 e. The molecule has 0 saturated heterocycles. The first-order chi connectivity index (χ1) is 10.0. The van der Waals surface area contributed by atoms with Crippen LogP contribution in [0.25, 0.3) is 0 Å². The number of halogens is 3. The normalized spacial score (nSPS) is 12.4. The van der Waals surface area contributed by atoms with E-state index >= 15 is 0 Å². The second-order valence-corrected chi connectivity index (χ2v) is 7.09. The molecule has 0 amide bonds. The number of aryl methyl sites for hydroxylation is 1. The van der Waals surface area contributed by atoms with Gasteiger partial charge in [-0.15, -0.1) is 0 Å². The fourth-order valence-corrected chi connectivity index (χ4v) is 3.49. The Morgan fingerprint density at radius 2 is 2.05 bits per heavy atom. The van der Waals surface area contributed by atoms with Crippen LogP contribution in [0.3, 0.4) is 0 Å². The predicted molar refractivity (Wildman–Crippen MR) is 96.0 cm³/mol. The van der Waals surface area contributed by atoms with Crippen molar-refractivity contribution in [2.45, 2.75) is 26.3 Å². The maximum atomic E-state index is 6.28. The molecule has 0 aliphatic carbocycles. The smallest absolute Gasteiger partial charge is 0.0763 e. The number of pyridine rings is 1. The van der Waals surface area contributed by atoms with Gasteiger partial charge >= 0.3 is 0 Å². The summed E-state index contributed by atoms with van der Waals surface area (Å²) in [6, 6.07) is 8.19. The second kappa shape index (κ2) is 7.73. The summed E-state index contributed by atoms with van der Waals surface area (Å²) in [5.74, 6) is 0. The summed E-state index contributed by atoms with van der Waals surface area (Å²) < 4.78 is 1.93. The lowest BCUT2D eigenvalue weighted by Gasteiger charge is -2.20.